The molecule has 1 atom stereocenters. The Labute approximate surface area is 226 Å². The average Bonchev–Trinajstić information content (AvgIpc) is 3.52. The zero-order valence-electron chi connectivity index (χ0n) is 22.2. The number of nitrogens with one attached hydrogen (secondary N) is 1. The largest absolute Gasteiger partial charge is 0.494 e. The van der Waals surface area contributed by atoms with E-state index in [1.807, 2.05) is 6.07 Å². The summed E-state index contributed by atoms with van der Waals surface area (Å²) in [4.78, 5) is 24.0. The smallest absolute Gasteiger partial charge is 0.266 e. The summed E-state index contributed by atoms with van der Waals surface area (Å²) in [7, 11) is 1.41. The van der Waals surface area contributed by atoms with E-state index < -0.39 is 5.82 Å². The maximum absolute atomic E-state index is 14.7. The minimum atomic E-state index is -0.554. The third kappa shape index (κ3) is 4.86. The van der Waals surface area contributed by atoms with Crippen LogP contribution in [0.2, 0.25) is 0 Å². The second kappa shape index (κ2) is 10.9. The molecular weight excluding hydrogens is 499 g/mol. The van der Waals surface area contributed by atoms with Crippen LogP contribution in [-0.4, -0.2) is 73.5 Å². The van der Waals surface area contributed by atoms with Crippen molar-refractivity contribution in [3.8, 4) is 17.5 Å². The molecule has 0 radical (unpaired) electrons. The lowest BCUT2D eigenvalue weighted by Crippen LogP contribution is -2.49. The molecule has 6 rings (SSSR count). The summed E-state index contributed by atoms with van der Waals surface area (Å²) in [5, 5.41) is 13.7. The van der Waals surface area contributed by atoms with Crippen LogP contribution in [0, 0.1) is 17.1 Å². The van der Waals surface area contributed by atoms with Crippen LogP contribution in [0.4, 0.5) is 10.1 Å². The van der Waals surface area contributed by atoms with Crippen molar-refractivity contribution >= 4 is 16.6 Å². The number of fused-ring (bicyclic) bond motifs is 1. The van der Waals surface area contributed by atoms with Crippen molar-refractivity contribution in [1.82, 2.24) is 19.8 Å². The number of anilines is 1. The van der Waals surface area contributed by atoms with Gasteiger partial charge in [0.25, 0.3) is 5.56 Å². The van der Waals surface area contributed by atoms with Crippen LogP contribution in [0.5, 0.6) is 5.75 Å². The highest BCUT2D eigenvalue weighted by Gasteiger charge is 2.29. The quantitative estimate of drug-likeness (QED) is 0.536. The van der Waals surface area contributed by atoms with Crippen molar-refractivity contribution in [3.63, 3.8) is 0 Å². The molecule has 0 aliphatic carbocycles. The standard InChI is InChI=1S/C29H33FN6O3/c1-38-26-5-4-21(17-23(26)30)36-28(24-3-2-8-32-24)33-27-22(29(36)37)15-19(18-31)16-25(27)35-9-6-20(7-10-35)34-11-13-39-14-12-34/h4-5,15-17,20,24,32H,2-3,6-14H2,1H3/t24-/m1/s1. The van der Waals surface area contributed by atoms with Crippen LogP contribution < -0.4 is 20.5 Å². The maximum Gasteiger partial charge on any atom is 0.266 e. The first kappa shape index (κ1) is 25.7. The molecule has 3 aromatic rings. The number of hydrogen-bond acceptors (Lipinski definition) is 8. The minimum Gasteiger partial charge on any atom is -0.494 e. The second-order valence-electron chi connectivity index (χ2n) is 10.4. The predicted octanol–water partition coefficient (Wildman–Crippen LogP) is 3.13. The van der Waals surface area contributed by atoms with E-state index in [-0.39, 0.29) is 17.4 Å². The number of methoxy groups -OCH3 is 1. The Balaban J connectivity index is 1.45. The van der Waals surface area contributed by atoms with Gasteiger partial charge in [-0.15, -0.1) is 0 Å². The molecule has 0 bridgehead atoms. The first-order valence-corrected chi connectivity index (χ1v) is 13.7. The van der Waals surface area contributed by atoms with E-state index in [1.165, 1.54) is 23.8 Å². The summed E-state index contributed by atoms with van der Waals surface area (Å²) in [6.07, 6.45) is 3.78. The Morgan fingerprint density at radius 1 is 1.13 bits per heavy atom. The average molecular weight is 533 g/mol. The normalized spacial score (nSPS) is 20.8. The first-order valence-electron chi connectivity index (χ1n) is 13.7. The van der Waals surface area contributed by atoms with E-state index in [0.717, 1.165) is 77.3 Å². The molecule has 0 amide bonds. The van der Waals surface area contributed by atoms with Gasteiger partial charge in [-0.25, -0.2) is 9.37 Å². The molecule has 204 valence electrons. The van der Waals surface area contributed by atoms with Crippen LogP contribution in [0.15, 0.2) is 35.1 Å². The van der Waals surface area contributed by atoms with Gasteiger partial charge in [0.2, 0.25) is 0 Å². The van der Waals surface area contributed by atoms with E-state index >= 15 is 0 Å². The second-order valence-corrected chi connectivity index (χ2v) is 10.4. The van der Waals surface area contributed by atoms with E-state index in [4.69, 9.17) is 14.5 Å². The molecule has 0 unspecified atom stereocenters. The lowest BCUT2D eigenvalue weighted by Gasteiger charge is -2.41. The van der Waals surface area contributed by atoms with Gasteiger partial charge >= 0.3 is 0 Å². The highest BCUT2D eigenvalue weighted by atomic mass is 19.1. The van der Waals surface area contributed by atoms with Crippen LogP contribution in [0.25, 0.3) is 16.6 Å². The number of nitriles is 1. The molecule has 3 saturated heterocycles. The number of morpholine rings is 1. The number of rotatable bonds is 5. The van der Waals surface area contributed by atoms with Gasteiger partial charge in [-0.1, -0.05) is 0 Å². The van der Waals surface area contributed by atoms with E-state index in [1.54, 1.807) is 12.1 Å². The van der Waals surface area contributed by atoms with Gasteiger partial charge in [-0.05, 0) is 56.5 Å². The number of hydrogen-bond donors (Lipinski definition) is 1. The molecule has 2 aromatic carbocycles. The molecule has 0 saturated carbocycles. The lowest BCUT2D eigenvalue weighted by atomic mass is 10.0. The Bertz CT molecular complexity index is 1460. The Hall–Kier alpha value is -3.52. The lowest BCUT2D eigenvalue weighted by molar-refractivity contribution is 0.0115. The number of halogens is 1. The molecule has 4 heterocycles. The fourth-order valence-corrected chi connectivity index (χ4v) is 6.19. The van der Waals surface area contributed by atoms with Crippen LogP contribution >= 0.6 is 0 Å². The zero-order chi connectivity index (χ0) is 26.9. The molecular formula is C29H33FN6O3. The summed E-state index contributed by atoms with van der Waals surface area (Å²) in [6, 6.07) is 10.5. The van der Waals surface area contributed by atoms with Crippen molar-refractivity contribution in [2.45, 2.75) is 37.8 Å². The summed E-state index contributed by atoms with van der Waals surface area (Å²) >= 11 is 0. The highest BCUT2D eigenvalue weighted by molar-refractivity contribution is 5.92. The van der Waals surface area contributed by atoms with Crippen molar-refractivity contribution in [3.05, 3.63) is 57.9 Å². The Kier molecular flexibility index (Phi) is 7.21. The molecule has 3 fully saturated rings. The molecule has 3 aliphatic heterocycles. The molecule has 0 spiro atoms. The maximum atomic E-state index is 14.7. The number of aromatic nitrogens is 2. The fraction of sp³-hybridized carbons (Fsp3) is 0.483. The van der Waals surface area contributed by atoms with Gasteiger partial charge in [0.15, 0.2) is 11.6 Å². The SMILES string of the molecule is COc1ccc(-n2c([C@H]3CCCN3)nc3c(N4CCC(N5CCOCC5)CC4)cc(C#N)cc3c2=O)cc1F. The minimum absolute atomic E-state index is 0.107. The topological polar surface area (TPSA) is 95.7 Å². The van der Waals surface area contributed by atoms with Gasteiger partial charge in [0.05, 0.1) is 54.8 Å². The monoisotopic (exact) mass is 532 g/mol. The summed E-state index contributed by atoms with van der Waals surface area (Å²) in [6.45, 7) is 5.94. The highest BCUT2D eigenvalue weighted by Crippen LogP contribution is 2.33. The number of benzene rings is 2. The van der Waals surface area contributed by atoms with Gasteiger partial charge in [0.1, 0.15) is 11.3 Å². The van der Waals surface area contributed by atoms with Gasteiger partial charge in [-0.2, -0.15) is 5.26 Å². The third-order valence-electron chi connectivity index (χ3n) is 8.24. The Morgan fingerprint density at radius 3 is 2.59 bits per heavy atom. The third-order valence-corrected chi connectivity index (χ3v) is 8.24. The van der Waals surface area contributed by atoms with Gasteiger partial charge in [-0.3, -0.25) is 14.3 Å². The summed E-state index contributed by atoms with van der Waals surface area (Å²) < 4.78 is 26.8. The number of nitrogens with zero attached hydrogens (tertiary/aromatic N) is 5. The van der Waals surface area contributed by atoms with Crippen LogP contribution in [0.1, 0.15) is 43.1 Å². The van der Waals surface area contributed by atoms with E-state index in [9.17, 15) is 14.4 Å². The molecule has 39 heavy (non-hydrogen) atoms. The zero-order valence-corrected chi connectivity index (χ0v) is 22.2. The van der Waals surface area contributed by atoms with Crippen molar-refractivity contribution in [1.29, 1.82) is 5.26 Å². The fourth-order valence-electron chi connectivity index (χ4n) is 6.19. The summed E-state index contributed by atoms with van der Waals surface area (Å²) in [5.74, 6) is 0.112. The summed E-state index contributed by atoms with van der Waals surface area (Å²) in [5.41, 5.74) is 1.89. The molecule has 1 aromatic heterocycles. The van der Waals surface area contributed by atoms with Crippen molar-refractivity contribution in [2.75, 3.05) is 57.9 Å². The van der Waals surface area contributed by atoms with E-state index in [2.05, 4.69) is 21.2 Å². The van der Waals surface area contributed by atoms with Gasteiger partial charge < -0.3 is 19.7 Å². The molecule has 9 nitrogen and oxygen atoms in total. The predicted molar refractivity (Wildman–Crippen MR) is 146 cm³/mol. The van der Waals surface area contributed by atoms with Crippen molar-refractivity contribution in [2.24, 2.45) is 0 Å². The molecule has 3 aliphatic rings. The van der Waals surface area contributed by atoms with E-state index in [0.29, 0.717) is 34.0 Å². The Morgan fingerprint density at radius 2 is 1.92 bits per heavy atom. The van der Waals surface area contributed by atoms with Crippen molar-refractivity contribution < 1.29 is 13.9 Å². The first-order chi connectivity index (χ1) is 19.1. The molecule has 1 N–H and O–H groups in total. The number of piperidine rings is 1. The molecule has 10 heteroatoms. The number of ether oxygens (including phenoxy) is 2. The van der Waals surface area contributed by atoms with Crippen LogP contribution in [-0.2, 0) is 4.74 Å². The van der Waals surface area contributed by atoms with Crippen LogP contribution in [0.3, 0.4) is 0 Å². The van der Waals surface area contributed by atoms with Gasteiger partial charge in [0, 0.05) is 38.3 Å².